The van der Waals surface area contributed by atoms with E-state index in [2.05, 4.69) is 17.0 Å². The summed E-state index contributed by atoms with van der Waals surface area (Å²) in [6.07, 6.45) is 1.54. The van der Waals surface area contributed by atoms with E-state index in [9.17, 15) is 14.4 Å². The Morgan fingerprint density at radius 2 is 1.49 bits per heavy atom. The highest BCUT2D eigenvalue weighted by Crippen LogP contribution is 2.33. The molecule has 2 saturated heterocycles. The molecule has 0 N–H and O–H groups in total. The van der Waals surface area contributed by atoms with Crippen LogP contribution in [0.2, 0.25) is 0 Å². The van der Waals surface area contributed by atoms with Crippen molar-refractivity contribution in [3.8, 4) is 0 Å². The van der Waals surface area contributed by atoms with Gasteiger partial charge in [0.1, 0.15) is 6.04 Å². The Morgan fingerprint density at radius 3 is 2.24 bits per heavy atom. The van der Waals surface area contributed by atoms with Crippen LogP contribution in [0.1, 0.15) is 39.1 Å². The number of anilines is 2. The van der Waals surface area contributed by atoms with E-state index in [-0.39, 0.29) is 17.7 Å². The third kappa shape index (κ3) is 4.35. The maximum atomic E-state index is 13.5. The van der Waals surface area contributed by atoms with Gasteiger partial charge in [-0.25, -0.2) is 0 Å². The molecular weight excluding hydrogens is 464 g/mol. The molecule has 2 fully saturated rings. The third-order valence-electron chi connectivity index (χ3n) is 7.72. The lowest BCUT2D eigenvalue weighted by Crippen LogP contribution is -2.48. The summed E-state index contributed by atoms with van der Waals surface area (Å²) in [6.45, 7) is 3.95. The van der Waals surface area contributed by atoms with Crippen LogP contribution in [-0.2, 0) is 11.3 Å². The summed E-state index contributed by atoms with van der Waals surface area (Å²) >= 11 is 0. The molecule has 0 saturated carbocycles. The van der Waals surface area contributed by atoms with Crippen LogP contribution in [0.5, 0.6) is 0 Å². The second-order valence-corrected chi connectivity index (χ2v) is 9.91. The summed E-state index contributed by atoms with van der Waals surface area (Å²) in [5.74, 6) is -0.0721. The molecule has 0 spiro atoms. The van der Waals surface area contributed by atoms with E-state index < -0.39 is 6.04 Å². The molecule has 1 atom stereocenters. The largest absolute Gasteiger partial charge is 0.368 e. The maximum absolute atomic E-state index is 13.5. The van der Waals surface area contributed by atoms with E-state index >= 15 is 0 Å². The molecule has 188 valence electrons. The monoisotopic (exact) mass is 494 g/mol. The minimum Gasteiger partial charge on any atom is -0.368 e. The number of carbonyl (C=O) groups is 3. The Labute approximate surface area is 216 Å². The predicted molar refractivity (Wildman–Crippen MR) is 143 cm³/mol. The number of fused-ring (bicyclic) bond motifs is 2. The average molecular weight is 495 g/mol. The molecule has 3 heterocycles. The van der Waals surface area contributed by atoms with Crippen LogP contribution in [-0.4, -0.2) is 66.3 Å². The minimum absolute atomic E-state index is 0.0302. The van der Waals surface area contributed by atoms with Crippen molar-refractivity contribution in [2.75, 3.05) is 42.5 Å². The molecule has 0 aromatic heterocycles. The highest BCUT2D eigenvalue weighted by molar-refractivity contribution is 6.11. The first-order valence-electron chi connectivity index (χ1n) is 13.0. The Morgan fingerprint density at radius 1 is 0.784 bits per heavy atom. The number of carbonyl (C=O) groups excluding carboxylic acids is 3. The van der Waals surface area contributed by atoms with Crippen molar-refractivity contribution in [1.29, 1.82) is 0 Å². The summed E-state index contributed by atoms with van der Waals surface area (Å²) in [7, 11) is 0. The quantitative estimate of drug-likeness (QED) is 0.554. The molecule has 3 aliphatic rings. The van der Waals surface area contributed by atoms with Crippen molar-refractivity contribution < 1.29 is 14.4 Å². The van der Waals surface area contributed by atoms with Gasteiger partial charge in [-0.1, -0.05) is 42.5 Å². The molecule has 0 radical (unpaired) electrons. The number of piperazine rings is 1. The van der Waals surface area contributed by atoms with Crippen LogP contribution >= 0.6 is 0 Å². The summed E-state index contributed by atoms with van der Waals surface area (Å²) in [4.78, 5) is 47.5. The fraction of sp³-hybridized carbons (Fsp3) is 0.300. The Bertz CT molecular complexity index is 1320. The Kier molecular flexibility index (Phi) is 6.12. The van der Waals surface area contributed by atoms with E-state index in [0.29, 0.717) is 49.4 Å². The van der Waals surface area contributed by atoms with Gasteiger partial charge in [0.15, 0.2) is 0 Å². The van der Waals surface area contributed by atoms with Crippen molar-refractivity contribution in [1.82, 2.24) is 9.80 Å². The number of nitrogens with zero attached hydrogens (tertiary/aromatic N) is 4. The van der Waals surface area contributed by atoms with Crippen LogP contribution in [0.4, 0.5) is 11.4 Å². The van der Waals surface area contributed by atoms with Gasteiger partial charge in [-0.15, -0.1) is 0 Å². The van der Waals surface area contributed by atoms with Gasteiger partial charge in [-0.2, -0.15) is 0 Å². The van der Waals surface area contributed by atoms with Gasteiger partial charge in [0, 0.05) is 44.0 Å². The standard InChI is InChI=1S/C30H30N4O3/c35-28(32-19-17-31(18-20-32)24-7-2-1-3-8-24)23-14-12-22(13-15-23)21-34-26-10-5-4-9-25(26)29(36)33-16-6-11-27(33)30(34)37/h1-5,7-10,12-15,27H,6,11,16-21H2. The number of benzene rings is 3. The molecule has 3 amide bonds. The lowest BCUT2D eigenvalue weighted by atomic mass is 10.1. The number of hydrogen-bond donors (Lipinski definition) is 0. The first-order chi connectivity index (χ1) is 18.1. The topological polar surface area (TPSA) is 64.2 Å². The smallest absolute Gasteiger partial charge is 0.256 e. The molecule has 6 rings (SSSR count). The predicted octanol–water partition coefficient (Wildman–Crippen LogP) is 3.80. The van der Waals surface area contributed by atoms with E-state index in [1.54, 1.807) is 15.9 Å². The molecule has 7 heteroatoms. The molecule has 3 aliphatic heterocycles. The van der Waals surface area contributed by atoms with E-state index in [1.807, 2.05) is 65.6 Å². The first-order valence-corrected chi connectivity index (χ1v) is 13.0. The SMILES string of the molecule is O=C(c1ccc(CN2C(=O)C3CCCN3C(=O)c3ccccc32)cc1)N1CCN(c2ccccc2)CC1. The number of rotatable bonds is 4. The third-order valence-corrected chi connectivity index (χ3v) is 7.72. The van der Waals surface area contributed by atoms with Gasteiger partial charge in [-0.05, 0) is 54.8 Å². The highest BCUT2D eigenvalue weighted by Gasteiger charge is 2.41. The van der Waals surface area contributed by atoms with E-state index in [4.69, 9.17) is 0 Å². The van der Waals surface area contributed by atoms with E-state index in [0.717, 1.165) is 25.1 Å². The lowest BCUT2D eigenvalue weighted by molar-refractivity contribution is -0.122. The minimum atomic E-state index is -0.407. The zero-order valence-electron chi connectivity index (χ0n) is 20.8. The van der Waals surface area contributed by atoms with Gasteiger partial charge in [0.2, 0.25) is 5.91 Å². The van der Waals surface area contributed by atoms with Crippen molar-refractivity contribution in [2.45, 2.75) is 25.4 Å². The normalized spacial score (nSPS) is 19.5. The van der Waals surface area contributed by atoms with E-state index in [1.165, 1.54) is 5.69 Å². The van der Waals surface area contributed by atoms with Gasteiger partial charge in [0.25, 0.3) is 11.8 Å². The molecule has 1 unspecified atom stereocenters. The number of para-hydroxylation sites is 2. The van der Waals surface area contributed by atoms with Crippen LogP contribution in [0.25, 0.3) is 0 Å². The summed E-state index contributed by atoms with van der Waals surface area (Å²) in [5, 5.41) is 0. The first kappa shape index (κ1) is 23.3. The lowest BCUT2D eigenvalue weighted by Gasteiger charge is -2.36. The van der Waals surface area contributed by atoms with Crippen molar-refractivity contribution >= 4 is 29.1 Å². The molecule has 37 heavy (non-hydrogen) atoms. The second-order valence-electron chi connectivity index (χ2n) is 9.91. The molecule has 0 aliphatic carbocycles. The zero-order chi connectivity index (χ0) is 25.4. The molecular formula is C30H30N4O3. The number of amides is 3. The van der Waals surface area contributed by atoms with Gasteiger partial charge < -0.3 is 19.6 Å². The summed E-state index contributed by atoms with van der Waals surface area (Å²) in [5.41, 5.74) is 3.99. The van der Waals surface area contributed by atoms with Crippen molar-refractivity contribution in [2.24, 2.45) is 0 Å². The average Bonchev–Trinajstić information content (AvgIpc) is 3.43. The molecule has 0 bridgehead atoms. The molecule has 7 nitrogen and oxygen atoms in total. The summed E-state index contributed by atoms with van der Waals surface area (Å²) in [6, 6.07) is 24.8. The van der Waals surface area contributed by atoms with Crippen molar-refractivity contribution in [3.05, 3.63) is 95.6 Å². The second kappa shape index (κ2) is 9.73. The van der Waals surface area contributed by atoms with Gasteiger partial charge in [-0.3, -0.25) is 14.4 Å². The van der Waals surface area contributed by atoms with Gasteiger partial charge >= 0.3 is 0 Å². The highest BCUT2D eigenvalue weighted by atomic mass is 16.2. The van der Waals surface area contributed by atoms with Gasteiger partial charge in [0.05, 0.1) is 17.8 Å². The Balaban J connectivity index is 1.16. The van der Waals surface area contributed by atoms with Crippen LogP contribution < -0.4 is 9.80 Å². The Hall–Kier alpha value is -4.13. The van der Waals surface area contributed by atoms with Crippen LogP contribution in [0.15, 0.2) is 78.9 Å². The fourth-order valence-electron chi connectivity index (χ4n) is 5.70. The fourth-order valence-corrected chi connectivity index (χ4v) is 5.70. The van der Waals surface area contributed by atoms with Crippen LogP contribution in [0, 0.1) is 0 Å². The molecule has 3 aromatic carbocycles. The van der Waals surface area contributed by atoms with Crippen LogP contribution in [0.3, 0.4) is 0 Å². The maximum Gasteiger partial charge on any atom is 0.256 e. The summed E-state index contributed by atoms with van der Waals surface area (Å²) < 4.78 is 0. The van der Waals surface area contributed by atoms with Crippen molar-refractivity contribution in [3.63, 3.8) is 0 Å². The zero-order valence-corrected chi connectivity index (χ0v) is 20.8. The number of hydrogen-bond acceptors (Lipinski definition) is 4. The molecule has 3 aromatic rings.